The van der Waals surface area contributed by atoms with Crippen LogP contribution in [0.3, 0.4) is 0 Å². The molecule has 0 aromatic heterocycles. The molecule has 0 unspecified atom stereocenters. The van der Waals surface area contributed by atoms with Gasteiger partial charge in [-0.05, 0) is 63.5 Å². The van der Waals surface area contributed by atoms with Crippen molar-refractivity contribution in [3.05, 3.63) is 0 Å². The molecule has 2 aliphatic heterocycles. The summed E-state index contributed by atoms with van der Waals surface area (Å²) in [5, 5.41) is 3.31. The first-order chi connectivity index (χ1) is 13.3. The zero-order valence-electron chi connectivity index (χ0n) is 20.8. The van der Waals surface area contributed by atoms with E-state index >= 15 is 0 Å². The van der Waals surface area contributed by atoms with Gasteiger partial charge in [-0.15, -0.1) is 0 Å². The monoisotopic (exact) mass is 399 g/mol. The van der Waals surface area contributed by atoms with Gasteiger partial charge in [-0.2, -0.15) is 0 Å². The van der Waals surface area contributed by atoms with Crippen LogP contribution in [0, 0.1) is 17.3 Å². The average Bonchev–Trinajstić information content (AvgIpc) is 2.68. The highest BCUT2D eigenvalue weighted by molar-refractivity contribution is 4.85. The summed E-state index contributed by atoms with van der Waals surface area (Å²) in [6.45, 7) is 27.5. The highest BCUT2D eigenvalue weighted by atomic mass is 16.5. The topological polar surface area (TPSA) is 27.7 Å². The van der Waals surface area contributed by atoms with Gasteiger partial charge in [-0.1, -0.05) is 41.5 Å². The lowest BCUT2D eigenvalue weighted by Gasteiger charge is -2.42. The summed E-state index contributed by atoms with van der Waals surface area (Å²) in [5.74, 6) is 1.77. The number of rotatable bonds is 7. The number of ether oxygens (including phenoxy) is 1. The van der Waals surface area contributed by atoms with E-state index in [9.17, 15) is 0 Å². The molecule has 0 radical (unpaired) electrons. The summed E-state index contributed by atoms with van der Waals surface area (Å²) in [6.07, 6.45) is 4.18. The Kier molecular flexibility index (Phi) is 15.6. The van der Waals surface area contributed by atoms with E-state index < -0.39 is 0 Å². The molecule has 0 amide bonds. The number of piperazine rings is 1. The molecular weight excluding hydrogens is 346 g/mol. The second-order valence-electron chi connectivity index (χ2n) is 9.57. The molecule has 0 aliphatic carbocycles. The first-order valence-corrected chi connectivity index (χ1v) is 11.9. The Bertz CT molecular complexity index is 344. The Morgan fingerprint density at radius 3 is 1.93 bits per heavy atom. The third-order valence-electron chi connectivity index (χ3n) is 6.12. The van der Waals surface area contributed by atoms with Crippen LogP contribution in [-0.2, 0) is 4.74 Å². The van der Waals surface area contributed by atoms with E-state index in [0.717, 1.165) is 44.1 Å². The maximum Gasteiger partial charge on any atom is 0.0589 e. The van der Waals surface area contributed by atoms with Gasteiger partial charge in [0.25, 0.3) is 0 Å². The summed E-state index contributed by atoms with van der Waals surface area (Å²) in [7, 11) is 1.75. The minimum absolute atomic E-state index is 0.539. The van der Waals surface area contributed by atoms with Crippen LogP contribution in [0.5, 0.6) is 0 Å². The van der Waals surface area contributed by atoms with Crippen LogP contribution >= 0.6 is 0 Å². The second-order valence-corrected chi connectivity index (χ2v) is 9.57. The largest absolute Gasteiger partial charge is 0.383 e. The number of likely N-dealkylation sites (tertiary alicyclic amines) is 1. The molecule has 4 heteroatoms. The SMILES string of the molecule is CC.CC(C)CC(C)(C)C1CCN(C(C)C)CC1.COCCN1CCNCC1. The molecule has 0 bridgehead atoms. The average molecular weight is 400 g/mol. The van der Waals surface area contributed by atoms with Gasteiger partial charge in [0, 0.05) is 45.9 Å². The van der Waals surface area contributed by atoms with Crippen LogP contribution in [-0.4, -0.2) is 75.4 Å². The van der Waals surface area contributed by atoms with Crippen molar-refractivity contribution in [1.29, 1.82) is 0 Å². The fourth-order valence-corrected chi connectivity index (χ4v) is 4.57. The van der Waals surface area contributed by atoms with E-state index in [1.165, 1.54) is 45.4 Å². The molecule has 170 valence electrons. The van der Waals surface area contributed by atoms with E-state index in [-0.39, 0.29) is 0 Å². The van der Waals surface area contributed by atoms with E-state index in [2.05, 4.69) is 56.7 Å². The Morgan fingerprint density at radius 1 is 0.964 bits per heavy atom. The van der Waals surface area contributed by atoms with Crippen LogP contribution in [0.25, 0.3) is 0 Å². The van der Waals surface area contributed by atoms with E-state index in [0.29, 0.717) is 5.41 Å². The van der Waals surface area contributed by atoms with Crippen molar-refractivity contribution in [3.8, 4) is 0 Å². The molecule has 0 aromatic rings. The maximum atomic E-state index is 4.98. The van der Waals surface area contributed by atoms with E-state index in [4.69, 9.17) is 4.74 Å². The molecule has 2 saturated heterocycles. The lowest BCUT2D eigenvalue weighted by Crippen LogP contribution is -2.44. The molecule has 2 aliphatic rings. The van der Waals surface area contributed by atoms with Gasteiger partial charge in [0.2, 0.25) is 0 Å². The molecule has 0 spiro atoms. The Hall–Kier alpha value is -0.160. The smallest absolute Gasteiger partial charge is 0.0589 e. The van der Waals surface area contributed by atoms with E-state index in [1.54, 1.807) is 7.11 Å². The van der Waals surface area contributed by atoms with Crippen LogP contribution in [0.1, 0.15) is 74.7 Å². The third kappa shape index (κ3) is 11.7. The second kappa shape index (κ2) is 15.6. The maximum absolute atomic E-state index is 4.98. The first kappa shape index (κ1) is 27.8. The highest BCUT2D eigenvalue weighted by Crippen LogP contribution is 2.40. The standard InChI is InChI=1S/C15H31N.C7H16N2O.C2H6/c1-12(2)11-15(5,6)14-7-9-16(10-8-14)13(3)4;1-10-7-6-9-4-2-8-3-5-9;1-2/h12-14H,7-11H2,1-6H3;8H,2-7H2,1H3;1-2H3. The summed E-state index contributed by atoms with van der Waals surface area (Å²) < 4.78 is 4.98. The quantitative estimate of drug-likeness (QED) is 0.669. The number of hydrogen-bond acceptors (Lipinski definition) is 4. The third-order valence-corrected chi connectivity index (χ3v) is 6.12. The lowest BCUT2D eigenvalue weighted by molar-refractivity contribution is 0.0702. The van der Waals surface area contributed by atoms with Gasteiger partial charge < -0.3 is 15.0 Å². The Balaban J connectivity index is 0.000000520. The molecule has 2 fully saturated rings. The van der Waals surface area contributed by atoms with Gasteiger partial charge >= 0.3 is 0 Å². The van der Waals surface area contributed by atoms with Crippen molar-refractivity contribution in [3.63, 3.8) is 0 Å². The molecule has 0 atom stereocenters. The molecule has 2 heterocycles. The van der Waals surface area contributed by atoms with Gasteiger partial charge in [-0.25, -0.2) is 0 Å². The number of nitrogens with zero attached hydrogens (tertiary/aromatic N) is 2. The molecule has 2 rings (SSSR count). The van der Waals surface area contributed by atoms with Crippen LogP contribution < -0.4 is 5.32 Å². The fraction of sp³-hybridized carbons (Fsp3) is 1.00. The van der Waals surface area contributed by atoms with Crippen LogP contribution in [0.15, 0.2) is 0 Å². The van der Waals surface area contributed by atoms with Crippen molar-refractivity contribution in [2.45, 2.75) is 80.7 Å². The number of methoxy groups -OCH3 is 1. The van der Waals surface area contributed by atoms with Gasteiger partial charge in [0.15, 0.2) is 0 Å². The summed E-state index contributed by atoms with van der Waals surface area (Å²) in [5.41, 5.74) is 0.539. The van der Waals surface area contributed by atoms with Crippen molar-refractivity contribution >= 4 is 0 Å². The van der Waals surface area contributed by atoms with Gasteiger partial charge in [0.05, 0.1) is 6.61 Å². The molecule has 28 heavy (non-hydrogen) atoms. The minimum atomic E-state index is 0.539. The number of nitrogens with one attached hydrogen (secondary N) is 1. The summed E-state index contributed by atoms with van der Waals surface area (Å²) in [6, 6.07) is 0.731. The van der Waals surface area contributed by atoms with Gasteiger partial charge in [0.1, 0.15) is 0 Å². The zero-order chi connectivity index (χ0) is 21.6. The normalized spacial score (nSPS) is 19.8. The Morgan fingerprint density at radius 2 is 1.50 bits per heavy atom. The first-order valence-electron chi connectivity index (χ1n) is 11.9. The molecule has 0 aromatic carbocycles. The van der Waals surface area contributed by atoms with Crippen LogP contribution in [0.4, 0.5) is 0 Å². The highest BCUT2D eigenvalue weighted by Gasteiger charge is 2.33. The van der Waals surface area contributed by atoms with Crippen LogP contribution in [0.2, 0.25) is 0 Å². The molecule has 0 saturated carbocycles. The van der Waals surface area contributed by atoms with Crippen molar-refractivity contribution in [2.75, 3.05) is 59.5 Å². The zero-order valence-corrected chi connectivity index (χ0v) is 20.8. The Labute approximate surface area is 177 Å². The predicted molar refractivity (Wildman–Crippen MR) is 125 cm³/mol. The molecule has 4 nitrogen and oxygen atoms in total. The van der Waals surface area contributed by atoms with Crippen molar-refractivity contribution < 1.29 is 4.74 Å². The summed E-state index contributed by atoms with van der Waals surface area (Å²) in [4.78, 5) is 5.04. The number of piperidine rings is 1. The van der Waals surface area contributed by atoms with Crippen molar-refractivity contribution in [1.82, 2.24) is 15.1 Å². The molecule has 1 N–H and O–H groups in total. The fourth-order valence-electron chi connectivity index (χ4n) is 4.57. The van der Waals surface area contributed by atoms with Gasteiger partial charge in [-0.3, -0.25) is 4.90 Å². The molecular formula is C24H53N3O. The lowest BCUT2D eigenvalue weighted by atomic mass is 9.69. The van der Waals surface area contributed by atoms with Crippen molar-refractivity contribution in [2.24, 2.45) is 17.3 Å². The summed E-state index contributed by atoms with van der Waals surface area (Å²) >= 11 is 0. The number of hydrogen-bond donors (Lipinski definition) is 1. The van der Waals surface area contributed by atoms with E-state index in [1.807, 2.05) is 13.8 Å². The predicted octanol–water partition coefficient (Wildman–Crippen LogP) is 4.74. The minimum Gasteiger partial charge on any atom is -0.383 e.